The molecular weight excluding hydrogens is 368 g/mol. The first kappa shape index (κ1) is 15.3. The van der Waals surface area contributed by atoms with Gasteiger partial charge in [-0.1, -0.05) is 35.3 Å². The minimum absolute atomic E-state index is 0.0483. The molecule has 0 aromatic heterocycles. The zero-order valence-electron chi connectivity index (χ0n) is 10.3. The zero-order valence-corrected chi connectivity index (χ0v) is 13.4. The van der Waals surface area contributed by atoms with Gasteiger partial charge in [0, 0.05) is 4.47 Å². The molecule has 6 heteroatoms. The topological polar surface area (TPSA) is 29.1 Å². The smallest absolute Gasteiger partial charge is 0.256 e. The summed E-state index contributed by atoms with van der Waals surface area (Å²) in [5.41, 5.74) is 1.56. The first-order valence-corrected chi connectivity index (χ1v) is 7.16. The lowest BCUT2D eigenvalue weighted by atomic mass is 10.1. The number of carbonyl (C=O) groups excluding carboxylic acids is 1. The Kier molecular flexibility index (Phi) is 4.68. The van der Waals surface area contributed by atoms with Gasteiger partial charge in [0.25, 0.3) is 5.91 Å². The van der Waals surface area contributed by atoms with Gasteiger partial charge in [0.2, 0.25) is 0 Å². The summed E-state index contributed by atoms with van der Waals surface area (Å²) in [5.74, 6) is -0.939. The summed E-state index contributed by atoms with van der Waals surface area (Å²) in [5, 5.41) is 2.69. The third-order valence-corrected chi connectivity index (χ3v) is 4.33. The molecule has 0 bridgehead atoms. The summed E-state index contributed by atoms with van der Waals surface area (Å²) in [6.07, 6.45) is 0. The van der Waals surface area contributed by atoms with E-state index in [0.717, 1.165) is 17.7 Å². The lowest BCUT2D eigenvalue weighted by Gasteiger charge is -2.11. The van der Waals surface area contributed by atoms with Crippen molar-refractivity contribution < 1.29 is 9.18 Å². The molecule has 104 valence electrons. The molecule has 0 saturated heterocycles. The Morgan fingerprint density at radius 2 is 1.85 bits per heavy atom. The summed E-state index contributed by atoms with van der Waals surface area (Å²) < 4.78 is 13.8. The van der Waals surface area contributed by atoms with Gasteiger partial charge in [-0.3, -0.25) is 4.79 Å². The van der Waals surface area contributed by atoms with Crippen molar-refractivity contribution in [1.29, 1.82) is 0 Å². The molecule has 0 saturated carbocycles. The number of halogens is 4. The van der Waals surface area contributed by atoms with Crippen molar-refractivity contribution in [2.75, 3.05) is 5.32 Å². The van der Waals surface area contributed by atoms with E-state index in [1.54, 1.807) is 12.1 Å². The Hall–Kier alpha value is -1.10. The maximum Gasteiger partial charge on any atom is 0.256 e. The van der Waals surface area contributed by atoms with E-state index in [-0.39, 0.29) is 21.6 Å². The summed E-state index contributed by atoms with van der Waals surface area (Å²) in [6, 6.07) is 7.49. The molecule has 0 fully saturated rings. The van der Waals surface area contributed by atoms with Crippen LogP contribution in [-0.2, 0) is 0 Å². The number of nitrogens with one attached hydrogen (secondary N) is 1. The highest BCUT2D eigenvalue weighted by molar-refractivity contribution is 9.10. The molecule has 0 aliphatic rings. The van der Waals surface area contributed by atoms with Crippen LogP contribution in [0, 0.1) is 12.7 Å². The highest BCUT2D eigenvalue weighted by Crippen LogP contribution is 2.32. The Balaban J connectivity index is 2.36. The van der Waals surface area contributed by atoms with Gasteiger partial charge < -0.3 is 5.32 Å². The van der Waals surface area contributed by atoms with Crippen LogP contribution in [0.1, 0.15) is 15.9 Å². The van der Waals surface area contributed by atoms with Crippen molar-refractivity contribution >= 4 is 50.7 Å². The van der Waals surface area contributed by atoms with Gasteiger partial charge in [-0.05, 0) is 46.6 Å². The Morgan fingerprint density at radius 1 is 1.25 bits per heavy atom. The fraction of sp³-hybridized carbons (Fsp3) is 0.0714. The lowest BCUT2D eigenvalue weighted by Crippen LogP contribution is -2.13. The molecule has 0 aliphatic heterocycles. The van der Waals surface area contributed by atoms with E-state index in [0.29, 0.717) is 10.0 Å². The van der Waals surface area contributed by atoms with Crippen LogP contribution in [0.15, 0.2) is 34.8 Å². The van der Waals surface area contributed by atoms with E-state index >= 15 is 0 Å². The molecule has 0 radical (unpaired) electrons. The number of aryl methyl sites for hydroxylation is 1. The van der Waals surface area contributed by atoms with Gasteiger partial charge in [0.15, 0.2) is 0 Å². The molecule has 1 amide bonds. The fourth-order valence-corrected chi connectivity index (χ4v) is 2.66. The van der Waals surface area contributed by atoms with Crippen LogP contribution in [0.5, 0.6) is 0 Å². The number of benzene rings is 2. The van der Waals surface area contributed by atoms with Crippen molar-refractivity contribution in [3.8, 4) is 0 Å². The number of hydrogen-bond acceptors (Lipinski definition) is 1. The van der Waals surface area contributed by atoms with Crippen LogP contribution in [-0.4, -0.2) is 5.91 Å². The number of amides is 1. The molecule has 0 heterocycles. The van der Waals surface area contributed by atoms with Crippen molar-refractivity contribution in [3.63, 3.8) is 0 Å². The second-order valence-electron chi connectivity index (χ2n) is 4.14. The summed E-state index contributed by atoms with van der Waals surface area (Å²) >= 11 is 15.1. The quantitative estimate of drug-likeness (QED) is 0.741. The third-order valence-electron chi connectivity index (χ3n) is 2.68. The minimum Gasteiger partial charge on any atom is -0.319 e. The van der Waals surface area contributed by atoms with Crippen LogP contribution in [0.2, 0.25) is 10.0 Å². The number of hydrogen-bond donors (Lipinski definition) is 1. The van der Waals surface area contributed by atoms with Crippen LogP contribution >= 0.6 is 39.1 Å². The van der Waals surface area contributed by atoms with E-state index in [9.17, 15) is 9.18 Å². The molecule has 20 heavy (non-hydrogen) atoms. The van der Waals surface area contributed by atoms with Gasteiger partial charge in [-0.15, -0.1) is 0 Å². The number of rotatable bonds is 2. The van der Waals surface area contributed by atoms with Crippen LogP contribution in [0.4, 0.5) is 10.1 Å². The van der Waals surface area contributed by atoms with Crippen molar-refractivity contribution in [2.24, 2.45) is 0 Å². The Morgan fingerprint density at radius 3 is 2.45 bits per heavy atom. The zero-order chi connectivity index (χ0) is 14.9. The van der Waals surface area contributed by atoms with Gasteiger partial charge in [-0.2, -0.15) is 0 Å². The normalized spacial score (nSPS) is 10.4. The molecule has 2 aromatic carbocycles. The molecule has 0 atom stereocenters. The molecule has 0 aliphatic carbocycles. The molecule has 1 N–H and O–H groups in total. The molecular formula is C14H9BrCl2FNO. The first-order valence-electron chi connectivity index (χ1n) is 5.61. The number of anilines is 1. The van der Waals surface area contributed by atoms with Crippen molar-refractivity contribution in [1.82, 2.24) is 0 Å². The van der Waals surface area contributed by atoms with Gasteiger partial charge in [-0.25, -0.2) is 4.39 Å². The lowest BCUT2D eigenvalue weighted by molar-refractivity contribution is 0.102. The second-order valence-corrected chi connectivity index (χ2v) is 5.74. The summed E-state index contributed by atoms with van der Waals surface area (Å²) in [7, 11) is 0. The van der Waals surface area contributed by atoms with Crippen LogP contribution in [0.25, 0.3) is 0 Å². The monoisotopic (exact) mass is 375 g/mol. The predicted octanol–water partition coefficient (Wildman–Crippen LogP) is 5.46. The maximum absolute atomic E-state index is 13.1. The standard InChI is InChI=1S/C14H9BrCl2FNO/c1-7-3-2-4-9(12(7)15)14(20)19-13-10(16)5-8(18)6-11(13)17/h2-6H,1H3,(H,19,20). The van der Waals surface area contributed by atoms with Gasteiger partial charge in [0.05, 0.1) is 21.3 Å². The first-order chi connectivity index (χ1) is 9.40. The van der Waals surface area contributed by atoms with Crippen LogP contribution in [0.3, 0.4) is 0 Å². The van der Waals surface area contributed by atoms with E-state index < -0.39 is 5.82 Å². The molecule has 2 nitrogen and oxygen atoms in total. The van der Waals surface area contributed by atoms with Crippen molar-refractivity contribution in [2.45, 2.75) is 6.92 Å². The van der Waals surface area contributed by atoms with Gasteiger partial charge >= 0.3 is 0 Å². The van der Waals surface area contributed by atoms with E-state index in [2.05, 4.69) is 21.2 Å². The molecule has 2 aromatic rings. The Bertz CT molecular complexity index is 668. The largest absolute Gasteiger partial charge is 0.319 e. The summed E-state index contributed by atoms with van der Waals surface area (Å²) in [4.78, 5) is 12.2. The maximum atomic E-state index is 13.1. The fourth-order valence-electron chi connectivity index (χ4n) is 1.67. The van der Waals surface area contributed by atoms with Crippen molar-refractivity contribution in [3.05, 3.63) is 61.8 Å². The minimum atomic E-state index is -0.560. The highest BCUT2D eigenvalue weighted by atomic mass is 79.9. The van der Waals surface area contributed by atoms with Crippen LogP contribution < -0.4 is 5.32 Å². The van der Waals surface area contributed by atoms with Gasteiger partial charge in [0.1, 0.15) is 5.82 Å². The SMILES string of the molecule is Cc1cccc(C(=O)Nc2c(Cl)cc(F)cc2Cl)c1Br. The molecule has 0 spiro atoms. The van der Waals surface area contributed by atoms with E-state index in [1.807, 2.05) is 13.0 Å². The van der Waals surface area contributed by atoms with E-state index in [1.165, 1.54) is 0 Å². The average Bonchev–Trinajstić information content (AvgIpc) is 2.36. The Labute approximate surface area is 134 Å². The summed E-state index contributed by atoms with van der Waals surface area (Å²) in [6.45, 7) is 1.87. The average molecular weight is 377 g/mol. The molecule has 0 unspecified atom stereocenters. The number of carbonyl (C=O) groups is 1. The second kappa shape index (κ2) is 6.12. The predicted molar refractivity (Wildman–Crippen MR) is 83.3 cm³/mol. The highest BCUT2D eigenvalue weighted by Gasteiger charge is 2.15. The van der Waals surface area contributed by atoms with E-state index in [4.69, 9.17) is 23.2 Å². The molecule has 2 rings (SSSR count). The third kappa shape index (κ3) is 3.14.